The van der Waals surface area contributed by atoms with Crippen molar-refractivity contribution in [3.63, 3.8) is 0 Å². The molecule has 0 saturated carbocycles. The summed E-state index contributed by atoms with van der Waals surface area (Å²) >= 11 is 0.960. The Labute approximate surface area is 177 Å². The molecule has 0 unspecified atom stereocenters. The summed E-state index contributed by atoms with van der Waals surface area (Å²) in [5, 5.41) is 26.2. The first-order valence-electron chi connectivity index (χ1n) is 8.43. The Kier molecular flexibility index (Phi) is 6.02. The van der Waals surface area contributed by atoms with Crippen LogP contribution >= 0.6 is 11.3 Å². The lowest BCUT2D eigenvalue weighted by Crippen LogP contribution is -2.16. The molecule has 10 nitrogen and oxygen atoms in total. The number of hydrogen-bond acceptors (Lipinski definition) is 8. The van der Waals surface area contributed by atoms with Gasteiger partial charge in [-0.15, -0.1) is 11.3 Å². The molecule has 1 aromatic heterocycles. The van der Waals surface area contributed by atoms with Gasteiger partial charge in [0.15, 0.2) is 0 Å². The van der Waals surface area contributed by atoms with Gasteiger partial charge in [0.05, 0.1) is 23.0 Å². The Morgan fingerprint density at radius 3 is 2.32 bits per heavy atom. The fraction of sp³-hybridized carbons (Fsp3) is 0.0526. The maximum absolute atomic E-state index is 13.2. The molecule has 31 heavy (non-hydrogen) atoms. The van der Waals surface area contributed by atoms with E-state index < -0.39 is 44.5 Å². The third kappa shape index (κ3) is 4.38. The molecule has 1 heterocycles. The normalized spacial score (nSPS) is 10.4. The second-order valence-corrected chi connectivity index (χ2v) is 6.90. The minimum Gasteiger partial charge on any atom is -0.465 e. The van der Waals surface area contributed by atoms with Crippen LogP contribution in [-0.4, -0.2) is 28.8 Å². The molecule has 158 valence electrons. The van der Waals surface area contributed by atoms with E-state index in [0.29, 0.717) is 17.2 Å². The number of benzene rings is 2. The van der Waals surface area contributed by atoms with Gasteiger partial charge >= 0.3 is 5.97 Å². The van der Waals surface area contributed by atoms with Crippen LogP contribution in [0.4, 0.5) is 20.8 Å². The molecule has 1 N–H and O–H groups in total. The highest BCUT2D eigenvalue weighted by atomic mass is 32.1. The lowest BCUT2D eigenvalue weighted by Gasteiger charge is -2.08. The molecule has 0 radical (unpaired) electrons. The molecular weight excluding hydrogens is 433 g/mol. The minimum atomic E-state index is -0.945. The fourth-order valence-electron chi connectivity index (χ4n) is 2.74. The Bertz CT molecular complexity index is 1210. The van der Waals surface area contributed by atoms with E-state index in [2.05, 4.69) is 5.32 Å². The third-order valence-electron chi connectivity index (χ3n) is 4.20. The third-order valence-corrected chi connectivity index (χ3v) is 5.09. The number of nitrogens with zero attached hydrogens (tertiary/aromatic N) is 2. The Morgan fingerprint density at radius 2 is 1.74 bits per heavy atom. The first-order valence-corrected chi connectivity index (χ1v) is 9.30. The van der Waals surface area contributed by atoms with Crippen molar-refractivity contribution in [2.45, 2.75) is 0 Å². The van der Waals surface area contributed by atoms with E-state index in [9.17, 15) is 34.2 Å². The number of nitro benzene ring substituents is 2. The summed E-state index contributed by atoms with van der Waals surface area (Å²) in [5.41, 5.74) is -0.903. The first-order chi connectivity index (χ1) is 14.7. The highest BCUT2D eigenvalue weighted by Crippen LogP contribution is 2.37. The van der Waals surface area contributed by atoms with Crippen LogP contribution in [0.15, 0.2) is 47.8 Å². The highest BCUT2D eigenvalue weighted by molar-refractivity contribution is 7.15. The van der Waals surface area contributed by atoms with Crippen molar-refractivity contribution < 1.29 is 28.6 Å². The molecule has 2 aromatic carbocycles. The van der Waals surface area contributed by atoms with Crippen molar-refractivity contribution in [2.75, 3.05) is 12.4 Å². The van der Waals surface area contributed by atoms with E-state index in [1.54, 1.807) is 5.38 Å². The molecule has 1 amide bonds. The summed E-state index contributed by atoms with van der Waals surface area (Å²) in [6, 6.07) is 7.88. The van der Waals surface area contributed by atoms with Crippen LogP contribution in [-0.2, 0) is 4.74 Å². The zero-order valence-corrected chi connectivity index (χ0v) is 16.5. The minimum absolute atomic E-state index is 0.0166. The molecule has 0 bridgehead atoms. The number of esters is 1. The van der Waals surface area contributed by atoms with E-state index in [1.165, 1.54) is 24.3 Å². The molecule has 3 rings (SSSR count). The topological polar surface area (TPSA) is 142 Å². The summed E-state index contributed by atoms with van der Waals surface area (Å²) < 4.78 is 18.0. The maximum Gasteiger partial charge on any atom is 0.341 e. The Balaban J connectivity index is 2.02. The van der Waals surface area contributed by atoms with Gasteiger partial charge in [0.25, 0.3) is 17.3 Å². The summed E-state index contributed by atoms with van der Waals surface area (Å²) in [4.78, 5) is 45.5. The van der Waals surface area contributed by atoms with Gasteiger partial charge in [0, 0.05) is 17.0 Å². The number of halogens is 1. The number of methoxy groups -OCH3 is 1. The molecule has 0 aliphatic heterocycles. The monoisotopic (exact) mass is 445 g/mol. The summed E-state index contributed by atoms with van der Waals surface area (Å²) in [6.07, 6.45) is 0. The molecule has 0 fully saturated rings. The molecule has 0 aliphatic rings. The zero-order valence-electron chi connectivity index (χ0n) is 15.7. The molecule has 3 aromatic rings. The maximum atomic E-state index is 13.2. The van der Waals surface area contributed by atoms with Crippen LogP contribution in [0.1, 0.15) is 20.7 Å². The number of nitrogens with one attached hydrogen (secondary N) is 1. The molecular formula is C19H12FN3O7S. The quantitative estimate of drug-likeness (QED) is 0.336. The van der Waals surface area contributed by atoms with Crippen molar-refractivity contribution in [2.24, 2.45) is 0 Å². The zero-order chi connectivity index (χ0) is 22.7. The van der Waals surface area contributed by atoms with Crippen LogP contribution in [0, 0.1) is 26.0 Å². The van der Waals surface area contributed by atoms with Gasteiger partial charge in [-0.2, -0.15) is 0 Å². The predicted octanol–water partition coefficient (Wildman–Crippen LogP) is 4.41. The SMILES string of the molecule is COC(=O)c1c(-c2ccc(F)cc2)csc1NC(=O)c1ccc([N+](=O)[O-])cc1[N+](=O)[O-]. The van der Waals surface area contributed by atoms with Crippen molar-refractivity contribution >= 4 is 39.6 Å². The van der Waals surface area contributed by atoms with E-state index >= 15 is 0 Å². The van der Waals surface area contributed by atoms with Gasteiger partial charge in [-0.3, -0.25) is 25.0 Å². The van der Waals surface area contributed by atoms with E-state index in [1.807, 2.05) is 0 Å². The number of non-ortho nitro benzene ring substituents is 1. The molecule has 0 aliphatic carbocycles. The molecule has 12 heteroatoms. The number of anilines is 1. The number of ether oxygens (including phenoxy) is 1. The number of hydrogen-bond donors (Lipinski definition) is 1. The average molecular weight is 445 g/mol. The molecule has 0 spiro atoms. The number of nitro groups is 2. The van der Waals surface area contributed by atoms with Gasteiger partial charge in [-0.05, 0) is 23.8 Å². The number of carbonyl (C=O) groups excluding carboxylic acids is 2. The Morgan fingerprint density at radius 1 is 1.06 bits per heavy atom. The lowest BCUT2D eigenvalue weighted by atomic mass is 10.0. The summed E-state index contributed by atoms with van der Waals surface area (Å²) in [6.45, 7) is 0. The van der Waals surface area contributed by atoms with E-state index in [4.69, 9.17) is 4.74 Å². The standard InChI is InChI=1S/C19H12FN3O7S/c1-30-19(25)16-14(10-2-4-11(20)5-3-10)9-31-18(16)21-17(24)13-7-6-12(22(26)27)8-15(13)23(28)29/h2-9H,1H3,(H,21,24). The van der Waals surface area contributed by atoms with Gasteiger partial charge < -0.3 is 10.1 Å². The summed E-state index contributed by atoms with van der Waals surface area (Å²) in [5.74, 6) is -2.20. The van der Waals surface area contributed by atoms with Crippen molar-refractivity contribution in [1.29, 1.82) is 0 Å². The van der Waals surface area contributed by atoms with E-state index in [-0.39, 0.29) is 10.6 Å². The number of rotatable bonds is 6. The number of carbonyl (C=O) groups is 2. The summed E-state index contributed by atoms with van der Waals surface area (Å²) in [7, 11) is 1.14. The van der Waals surface area contributed by atoms with Crippen molar-refractivity contribution in [3.05, 3.63) is 85.0 Å². The smallest absolute Gasteiger partial charge is 0.341 e. The van der Waals surface area contributed by atoms with Gasteiger partial charge in [-0.1, -0.05) is 12.1 Å². The highest BCUT2D eigenvalue weighted by Gasteiger charge is 2.27. The van der Waals surface area contributed by atoms with Crippen LogP contribution in [0.2, 0.25) is 0 Å². The Hall–Kier alpha value is -4.19. The largest absolute Gasteiger partial charge is 0.465 e. The number of amides is 1. The predicted molar refractivity (Wildman–Crippen MR) is 109 cm³/mol. The second kappa shape index (κ2) is 8.67. The van der Waals surface area contributed by atoms with Crippen LogP contribution in [0.3, 0.4) is 0 Å². The first kappa shape index (κ1) is 21.5. The number of thiophene rings is 1. The second-order valence-electron chi connectivity index (χ2n) is 6.02. The van der Waals surface area contributed by atoms with Crippen LogP contribution in [0.5, 0.6) is 0 Å². The van der Waals surface area contributed by atoms with Gasteiger partial charge in [0.2, 0.25) is 0 Å². The molecule has 0 saturated heterocycles. The van der Waals surface area contributed by atoms with Gasteiger partial charge in [-0.25, -0.2) is 9.18 Å². The fourth-order valence-corrected chi connectivity index (χ4v) is 3.70. The molecule has 0 atom stereocenters. The van der Waals surface area contributed by atoms with Crippen LogP contribution in [0.25, 0.3) is 11.1 Å². The van der Waals surface area contributed by atoms with Gasteiger partial charge in [0.1, 0.15) is 21.9 Å². The average Bonchev–Trinajstić information content (AvgIpc) is 3.16. The van der Waals surface area contributed by atoms with Crippen molar-refractivity contribution in [1.82, 2.24) is 0 Å². The lowest BCUT2D eigenvalue weighted by molar-refractivity contribution is -0.394. The van der Waals surface area contributed by atoms with E-state index in [0.717, 1.165) is 30.6 Å². The van der Waals surface area contributed by atoms with Crippen molar-refractivity contribution in [3.8, 4) is 11.1 Å². The van der Waals surface area contributed by atoms with Crippen LogP contribution < -0.4 is 5.32 Å².